The van der Waals surface area contributed by atoms with Gasteiger partial charge >= 0.3 is 5.63 Å². The van der Waals surface area contributed by atoms with Crippen LogP contribution in [0, 0.1) is 0 Å². The van der Waals surface area contributed by atoms with Crippen molar-refractivity contribution in [2.24, 2.45) is 0 Å². The maximum atomic E-state index is 12.0. The lowest BCUT2D eigenvalue weighted by molar-refractivity contribution is -0.115. The second-order valence-corrected chi connectivity index (χ2v) is 5.48. The highest BCUT2D eigenvalue weighted by Gasteiger charge is 2.10. The number of hydrogen-bond donors (Lipinski definition) is 3. The molecule has 3 N–H and O–H groups in total. The SMILES string of the molecule is CN(C)C=O.O=c1oc2cc(O)ccc2cc1-c1cc(O)cc(O)c1. The van der Waals surface area contributed by atoms with Crippen LogP contribution >= 0.6 is 0 Å². The Bertz CT molecular complexity index is 941. The Morgan fingerprint density at radius 1 is 0.920 bits per heavy atom. The summed E-state index contributed by atoms with van der Waals surface area (Å²) in [5.74, 6) is -0.293. The number of phenolic OH excluding ortho intramolecular Hbond substituents is 3. The first-order chi connectivity index (χ1) is 11.8. The van der Waals surface area contributed by atoms with Crippen LogP contribution in [-0.2, 0) is 4.79 Å². The van der Waals surface area contributed by atoms with Crippen molar-refractivity contribution >= 4 is 17.4 Å². The minimum atomic E-state index is -0.617. The highest BCUT2D eigenvalue weighted by atomic mass is 16.4. The lowest BCUT2D eigenvalue weighted by atomic mass is 10.1. The molecule has 0 radical (unpaired) electrons. The molecule has 0 fully saturated rings. The summed E-state index contributed by atoms with van der Waals surface area (Å²) in [4.78, 5) is 22.8. The molecule has 0 saturated carbocycles. The first-order valence-electron chi connectivity index (χ1n) is 7.22. The van der Waals surface area contributed by atoms with Gasteiger partial charge in [0.15, 0.2) is 0 Å². The molecule has 0 aliphatic carbocycles. The van der Waals surface area contributed by atoms with Crippen LogP contribution in [0.15, 0.2) is 51.7 Å². The minimum absolute atomic E-state index is 0.00315. The van der Waals surface area contributed by atoms with E-state index in [1.807, 2.05) is 0 Å². The van der Waals surface area contributed by atoms with Crippen LogP contribution < -0.4 is 5.63 Å². The molecular formula is C18H17NO6. The molecule has 25 heavy (non-hydrogen) atoms. The lowest BCUT2D eigenvalue weighted by Gasteiger charge is -2.04. The van der Waals surface area contributed by atoms with E-state index < -0.39 is 5.63 Å². The van der Waals surface area contributed by atoms with E-state index >= 15 is 0 Å². The third kappa shape index (κ3) is 4.51. The molecule has 0 atom stereocenters. The molecule has 0 aliphatic rings. The van der Waals surface area contributed by atoms with Gasteiger partial charge < -0.3 is 24.6 Å². The zero-order valence-electron chi connectivity index (χ0n) is 13.6. The number of nitrogens with zero attached hydrogens (tertiary/aromatic N) is 1. The Hall–Kier alpha value is -3.48. The Kier molecular flexibility index (Phi) is 5.28. The largest absolute Gasteiger partial charge is 0.508 e. The molecule has 1 amide bonds. The highest BCUT2D eigenvalue weighted by molar-refractivity contribution is 5.83. The number of fused-ring (bicyclic) bond motifs is 1. The van der Waals surface area contributed by atoms with Gasteiger partial charge in [-0.1, -0.05) is 0 Å². The molecule has 1 heterocycles. The average Bonchev–Trinajstić information content (AvgIpc) is 2.53. The van der Waals surface area contributed by atoms with Gasteiger partial charge in [-0.05, 0) is 35.9 Å². The third-order valence-corrected chi connectivity index (χ3v) is 3.14. The van der Waals surface area contributed by atoms with Crippen LogP contribution in [0.2, 0.25) is 0 Å². The van der Waals surface area contributed by atoms with Crippen molar-refractivity contribution in [2.45, 2.75) is 0 Å². The number of hydrogen-bond acceptors (Lipinski definition) is 6. The van der Waals surface area contributed by atoms with E-state index in [1.54, 1.807) is 26.2 Å². The Morgan fingerprint density at radius 3 is 2.08 bits per heavy atom. The van der Waals surface area contributed by atoms with E-state index in [9.17, 15) is 24.9 Å². The van der Waals surface area contributed by atoms with E-state index in [0.29, 0.717) is 10.9 Å². The van der Waals surface area contributed by atoms with E-state index in [1.165, 1.54) is 35.2 Å². The first kappa shape index (κ1) is 17.9. The molecule has 130 valence electrons. The molecule has 7 heteroatoms. The first-order valence-corrected chi connectivity index (χ1v) is 7.22. The Morgan fingerprint density at radius 2 is 1.52 bits per heavy atom. The predicted octanol–water partition coefficient (Wildman–Crippen LogP) is 2.28. The maximum absolute atomic E-state index is 12.0. The molecule has 0 unspecified atom stereocenters. The van der Waals surface area contributed by atoms with Crippen LogP contribution in [0.4, 0.5) is 0 Å². The number of aromatic hydroxyl groups is 3. The molecule has 3 rings (SSSR count). The number of rotatable bonds is 2. The van der Waals surface area contributed by atoms with Gasteiger partial charge in [-0.2, -0.15) is 0 Å². The van der Waals surface area contributed by atoms with Crippen LogP contribution in [0.5, 0.6) is 17.2 Å². The quantitative estimate of drug-likeness (QED) is 0.486. The monoisotopic (exact) mass is 343 g/mol. The van der Waals surface area contributed by atoms with Gasteiger partial charge in [0.05, 0.1) is 5.56 Å². The summed E-state index contributed by atoms with van der Waals surface area (Å²) in [7, 11) is 3.38. The Balaban J connectivity index is 0.000000399. The summed E-state index contributed by atoms with van der Waals surface area (Å²) < 4.78 is 5.13. The van der Waals surface area contributed by atoms with Crippen LogP contribution in [-0.4, -0.2) is 40.7 Å². The molecule has 0 saturated heterocycles. The minimum Gasteiger partial charge on any atom is -0.508 e. The average molecular weight is 343 g/mol. The van der Waals surface area contributed by atoms with Gasteiger partial charge in [-0.25, -0.2) is 4.79 Å². The van der Waals surface area contributed by atoms with Crippen LogP contribution in [0.3, 0.4) is 0 Å². The Labute approximate surface area is 143 Å². The van der Waals surface area contributed by atoms with Crippen molar-refractivity contribution in [2.75, 3.05) is 14.1 Å². The maximum Gasteiger partial charge on any atom is 0.344 e. The summed E-state index contributed by atoms with van der Waals surface area (Å²) >= 11 is 0. The van der Waals surface area contributed by atoms with Gasteiger partial charge in [0.1, 0.15) is 22.8 Å². The van der Waals surface area contributed by atoms with E-state index in [0.717, 1.165) is 6.41 Å². The van der Waals surface area contributed by atoms with Crippen molar-refractivity contribution in [3.8, 4) is 28.4 Å². The van der Waals surface area contributed by atoms with Crippen molar-refractivity contribution in [3.05, 3.63) is 52.9 Å². The topological polar surface area (TPSA) is 111 Å². The van der Waals surface area contributed by atoms with E-state index in [2.05, 4.69) is 0 Å². The smallest absolute Gasteiger partial charge is 0.344 e. The summed E-state index contributed by atoms with van der Waals surface area (Å²) in [5, 5.41) is 28.9. The molecule has 1 aromatic heterocycles. The van der Waals surface area contributed by atoms with Gasteiger partial charge in [0, 0.05) is 31.6 Å². The molecule has 7 nitrogen and oxygen atoms in total. The second-order valence-electron chi connectivity index (χ2n) is 5.48. The normalized spacial score (nSPS) is 10.0. The molecule has 3 aromatic rings. The van der Waals surface area contributed by atoms with Crippen molar-refractivity contribution in [1.82, 2.24) is 4.90 Å². The van der Waals surface area contributed by atoms with Crippen molar-refractivity contribution in [3.63, 3.8) is 0 Å². The number of carbonyl (C=O) groups is 1. The van der Waals surface area contributed by atoms with E-state index in [-0.39, 0.29) is 28.4 Å². The standard InChI is InChI=1S/C15H10O5.C3H7NO/c16-10-2-1-8-5-13(15(19)20-14(8)7-10)9-3-11(17)6-12(18)4-9;1-4(2)3-5/h1-7,16-18H;3H,1-2H3. The van der Waals surface area contributed by atoms with Crippen LogP contribution in [0.1, 0.15) is 0 Å². The van der Waals surface area contributed by atoms with Gasteiger partial charge in [-0.15, -0.1) is 0 Å². The fraction of sp³-hybridized carbons (Fsp3) is 0.111. The van der Waals surface area contributed by atoms with Crippen molar-refractivity contribution < 1.29 is 24.5 Å². The van der Waals surface area contributed by atoms with Gasteiger partial charge in [0.25, 0.3) is 0 Å². The van der Waals surface area contributed by atoms with Crippen LogP contribution in [0.25, 0.3) is 22.1 Å². The molecular weight excluding hydrogens is 326 g/mol. The zero-order chi connectivity index (χ0) is 18.6. The summed E-state index contributed by atoms with van der Waals surface area (Å²) in [6.07, 6.45) is 0.750. The second kappa shape index (κ2) is 7.39. The summed E-state index contributed by atoms with van der Waals surface area (Å²) in [6.45, 7) is 0. The molecule has 0 bridgehead atoms. The predicted molar refractivity (Wildman–Crippen MR) is 92.7 cm³/mol. The molecule has 2 aromatic carbocycles. The third-order valence-electron chi connectivity index (χ3n) is 3.14. The fourth-order valence-corrected chi connectivity index (χ4v) is 2.05. The van der Waals surface area contributed by atoms with Gasteiger partial charge in [0.2, 0.25) is 6.41 Å². The van der Waals surface area contributed by atoms with Crippen molar-refractivity contribution in [1.29, 1.82) is 0 Å². The van der Waals surface area contributed by atoms with E-state index in [4.69, 9.17) is 4.42 Å². The number of carbonyl (C=O) groups excluding carboxylic acids is 1. The number of amides is 1. The lowest BCUT2D eigenvalue weighted by Crippen LogP contribution is -2.06. The van der Waals surface area contributed by atoms with Gasteiger partial charge in [-0.3, -0.25) is 4.79 Å². The molecule has 0 aliphatic heterocycles. The fourth-order valence-electron chi connectivity index (χ4n) is 2.05. The number of benzene rings is 2. The summed E-state index contributed by atoms with van der Waals surface area (Å²) in [6, 6.07) is 9.90. The highest BCUT2D eigenvalue weighted by Crippen LogP contribution is 2.29. The molecule has 0 spiro atoms. The zero-order valence-corrected chi connectivity index (χ0v) is 13.6. The summed E-state index contributed by atoms with van der Waals surface area (Å²) in [5.41, 5.74) is 0.219. The number of phenols is 3.